The Hall–Kier alpha value is -2.30. The molecule has 0 aliphatic carbocycles. The summed E-state index contributed by atoms with van der Waals surface area (Å²) in [6.07, 6.45) is 3.63. The molecule has 1 aromatic carbocycles. The minimum Gasteiger partial charge on any atom is -0.478 e. The summed E-state index contributed by atoms with van der Waals surface area (Å²) in [6, 6.07) is 5.79. The van der Waals surface area contributed by atoms with E-state index in [0.717, 1.165) is 35.9 Å². The maximum atomic E-state index is 11.6. The monoisotopic (exact) mass is 274 g/mol. The topological polar surface area (TPSA) is 69.6 Å². The van der Waals surface area contributed by atoms with Crippen molar-refractivity contribution in [2.75, 3.05) is 24.5 Å². The molecular weight excluding hydrogens is 256 g/mol. The summed E-state index contributed by atoms with van der Waals surface area (Å²) in [5.41, 5.74) is 2.85. The fourth-order valence-corrected chi connectivity index (χ4v) is 2.23. The zero-order valence-corrected chi connectivity index (χ0v) is 11.4. The normalized spacial score (nSPS) is 16.1. The Balaban J connectivity index is 2.19. The van der Waals surface area contributed by atoms with Gasteiger partial charge in [0.2, 0.25) is 5.91 Å². The van der Waals surface area contributed by atoms with Crippen molar-refractivity contribution >= 4 is 23.6 Å². The van der Waals surface area contributed by atoms with Gasteiger partial charge in [-0.25, -0.2) is 4.79 Å². The first-order valence-corrected chi connectivity index (χ1v) is 6.59. The van der Waals surface area contributed by atoms with Crippen LogP contribution in [0.25, 0.3) is 6.08 Å². The van der Waals surface area contributed by atoms with Crippen molar-refractivity contribution in [2.24, 2.45) is 0 Å². The van der Waals surface area contributed by atoms with E-state index in [0.29, 0.717) is 13.1 Å². The van der Waals surface area contributed by atoms with Gasteiger partial charge in [-0.1, -0.05) is 6.07 Å². The average molecular weight is 274 g/mol. The zero-order valence-electron chi connectivity index (χ0n) is 11.4. The molecule has 20 heavy (non-hydrogen) atoms. The summed E-state index contributed by atoms with van der Waals surface area (Å²) < 4.78 is 0. The van der Waals surface area contributed by atoms with Gasteiger partial charge in [0.15, 0.2) is 0 Å². The van der Waals surface area contributed by atoms with Crippen LogP contribution in [0.5, 0.6) is 0 Å². The van der Waals surface area contributed by atoms with Crippen LogP contribution in [0.3, 0.4) is 0 Å². The van der Waals surface area contributed by atoms with Crippen molar-refractivity contribution in [1.29, 1.82) is 0 Å². The number of rotatable bonds is 3. The van der Waals surface area contributed by atoms with Crippen LogP contribution in [0.4, 0.5) is 5.69 Å². The summed E-state index contributed by atoms with van der Waals surface area (Å²) in [5.74, 6) is -0.923. The molecule has 2 N–H and O–H groups in total. The van der Waals surface area contributed by atoms with E-state index in [1.807, 2.05) is 30.0 Å². The number of nitrogens with zero attached hydrogens (tertiary/aromatic N) is 1. The number of aliphatic carboxylic acids is 1. The second kappa shape index (κ2) is 6.23. The molecule has 0 bridgehead atoms. The number of carboxylic acid groups (broad SMARTS) is 1. The molecule has 1 saturated heterocycles. The van der Waals surface area contributed by atoms with E-state index in [1.165, 1.54) is 0 Å². The third-order valence-corrected chi connectivity index (χ3v) is 3.29. The van der Waals surface area contributed by atoms with Crippen molar-refractivity contribution in [3.05, 3.63) is 35.4 Å². The fourth-order valence-electron chi connectivity index (χ4n) is 2.23. The minimum atomic E-state index is -0.960. The highest BCUT2D eigenvalue weighted by atomic mass is 16.4. The molecule has 5 heteroatoms. The molecule has 5 nitrogen and oxygen atoms in total. The molecule has 1 aromatic rings. The molecule has 0 aromatic heterocycles. The lowest BCUT2D eigenvalue weighted by Crippen LogP contribution is -2.33. The number of carbonyl (C=O) groups excluding carboxylic acids is 1. The van der Waals surface area contributed by atoms with Gasteiger partial charge < -0.3 is 15.3 Å². The first-order chi connectivity index (χ1) is 9.56. The van der Waals surface area contributed by atoms with Crippen LogP contribution in [0.1, 0.15) is 17.5 Å². The second-order valence-electron chi connectivity index (χ2n) is 4.84. The second-order valence-corrected chi connectivity index (χ2v) is 4.84. The number of carboxylic acids is 1. The largest absolute Gasteiger partial charge is 0.478 e. The summed E-state index contributed by atoms with van der Waals surface area (Å²) in [4.78, 5) is 24.1. The summed E-state index contributed by atoms with van der Waals surface area (Å²) in [7, 11) is 0. The van der Waals surface area contributed by atoms with Crippen LogP contribution in [0, 0.1) is 6.92 Å². The van der Waals surface area contributed by atoms with Gasteiger partial charge in [0.05, 0.1) is 6.54 Å². The van der Waals surface area contributed by atoms with Crippen LogP contribution in [0.2, 0.25) is 0 Å². The maximum Gasteiger partial charge on any atom is 0.328 e. The van der Waals surface area contributed by atoms with Crippen molar-refractivity contribution in [2.45, 2.75) is 13.3 Å². The SMILES string of the molecule is Cc1cc(N2CCCNC(=O)C2)ccc1C=CC(=O)O. The molecule has 0 spiro atoms. The Kier molecular flexibility index (Phi) is 4.40. The number of anilines is 1. The number of carbonyl (C=O) groups is 2. The first-order valence-electron chi connectivity index (χ1n) is 6.59. The van der Waals surface area contributed by atoms with E-state index in [4.69, 9.17) is 5.11 Å². The van der Waals surface area contributed by atoms with E-state index in [-0.39, 0.29) is 5.91 Å². The average Bonchev–Trinajstić information content (AvgIpc) is 2.62. The lowest BCUT2D eigenvalue weighted by Gasteiger charge is -2.22. The predicted octanol–water partition coefficient (Wildman–Crippen LogP) is 1.42. The lowest BCUT2D eigenvalue weighted by molar-refractivity contribution is -0.131. The van der Waals surface area contributed by atoms with Crippen molar-refractivity contribution in [3.8, 4) is 0 Å². The lowest BCUT2D eigenvalue weighted by atomic mass is 10.1. The molecule has 0 atom stereocenters. The molecular formula is C15H18N2O3. The van der Waals surface area contributed by atoms with Crippen LogP contribution >= 0.6 is 0 Å². The Morgan fingerprint density at radius 3 is 2.95 bits per heavy atom. The smallest absolute Gasteiger partial charge is 0.328 e. The number of nitrogens with one attached hydrogen (secondary N) is 1. The highest BCUT2D eigenvalue weighted by Gasteiger charge is 2.15. The third kappa shape index (κ3) is 3.60. The van der Waals surface area contributed by atoms with Gasteiger partial charge in [0, 0.05) is 24.9 Å². The summed E-state index contributed by atoms with van der Waals surface area (Å²) >= 11 is 0. The minimum absolute atomic E-state index is 0.0370. The van der Waals surface area contributed by atoms with Gasteiger partial charge >= 0.3 is 5.97 Å². The van der Waals surface area contributed by atoms with Gasteiger partial charge in [0.1, 0.15) is 0 Å². The molecule has 0 radical (unpaired) electrons. The quantitative estimate of drug-likeness (QED) is 0.818. The van der Waals surface area contributed by atoms with Gasteiger partial charge in [-0.15, -0.1) is 0 Å². The van der Waals surface area contributed by atoms with Crippen molar-refractivity contribution in [1.82, 2.24) is 5.32 Å². The molecule has 1 amide bonds. The number of hydrogen-bond donors (Lipinski definition) is 2. The predicted molar refractivity (Wildman–Crippen MR) is 77.7 cm³/mol. The highest BCUT2D eigenvalue weighted by Crippen LogP contribution is 2.21. The third-order valence-electron chi connectivity index (χ3n) is 3.29. The highest BCUT2D eigenvalue weighted by molar-refractivity contribution is 5.86. The van der Waals surface area contributed by atoms with Crippen LogP contribution in [-0.4, -0.2) is 36.6 Å². The van der Waals surface area contributed by atoms with Crippen LogP contribution in [0.15, 0.2) is 24.3 Å². The number of hydrogen-bond acceptors (Lipinski definition) is 3. The molecule has 1 aliphatic heterocycles. The van der Waals surface area contributed by atoms with Gasteiger partial charge in [-0.05, 0) is 42.7 Å². The van der Waals surface area contributed by atoms with E-state index in [1.54, 1.807) is 6.08 Å². The van der Waals surface area contributed by atoms with Gasteiger partial charge in [-0.3, -0.25) is 4.79 Å². The molecule has 2 rings (SSSR count). The molecule has 1 heterocycles. The number of amides is 1. The van der Waals surface area contributed by atoms with Crippen LogP contribution in [-0.2, 0) is 9.59 Å². The van der Waals surface area contributed by atoms with E-state index in [2.05, 4.69) is 5.32 Å². The van der Waals surface area contributed by atoms with Gasteiger partial charge in [-0.2, -0.15) is 0 Å². The summed E-state index contributed by atoms with van der Waals surface area (Å²) in [6.45, 7) is 3.85. The number of benzene rings is 1. The molecule has 106 valence electrons. The van der Waals surface area contributed by atoms with Crippen molar-refractivity contribution in [3.63, 3.8) is 0 Å². The Bertz CT molecular complexity index is 552. The van der Waals surface area contributed by atoms with E-state index < -0.39 is 5.97 Å². The van der Waals surface area contributed by atoms with E-state index >= 15 is 0 Å². The molecule has 1 fully saturated rings. The number of aryl methyl sites for hydroxylation is 1. The zero-order chi connectivity index (χ0) is 14.5. The Labute approximate surface area is 117 Å². The van der Waals surface area contributed by atoms with E-state index in [9.17, 15) is 9.59 Å². The fraction of sp³-hybridized carbons (Fsp3) is 0.333. The standard InChI is InChI=1S/C15H18N2O3/c1-11-9-13(5-3-12(11)4-6-15(19)20)17-8-2-7-16-14(18)10-17/h3-6,9H,2,7-8,10H2,1H3,(H,16,18)(H,19,20). The molecule has 0 unspecified atom stereocenters. The Morgan fingerprint density at radius 2 is 2.25 bits per heavy atom. The van der Waals surface area contributed by atoms with Crippen molar-refractivity contribution < 1.29 is 14.7 Å². The molecule has 1 aliphatic rings. The Morgan fingerprint density at radius 1 is 1.45 bits per heavy atom. The molecule has 0 saturated carbocycles. The van der Waals surface area contributed by atoms with Crippen LogP contribution < -0.4 is 10.2 Å². The first kappa shape index (κ1) is 14.1. The van der Waals surface area contributed by atoms with Gasteiger partial charge in [0.25, 0.3) is 0 Å². The summed E-state index contributed by atoms with van der Waals surface area (Å²) in [5, 5.41) is 11.5. The maximum absolute atomic E-state index is 11.6.